The molecule has 1 N–H and O–H groups in total. The molecule has 3 aromatic rings. The predicted molar refractivity (Wildman–Crippen MR) is 123 cm³/mol. The maximum Gasteiger partial charge on any atom is 0.265 e. The van der Waals surface area contributed by atoms with E-state index in [1.165, 1.54) is 35.4 Å². The first-order valence-corrected chi connectivity index (χ1v) is 11.1. The van der Waals surface area contributed by atoms with Crippen LogP contribution in [0.3, 0.4) is 0 Å². The molecule has 0 bridgehead atoms. The minimum Gasteiger partial charge on any atom is -0.467 e. The van der Waals surface area contributed by atoms with Gasteiger partial charge in [0.1, 0.15) is 28.2 Å². The second-order valence-electron chi connectivity index (χ2n) is 7.50. The van der Waals surface area contributed by atoms with Gasteiger partial charge in [0.15, 0.2) is 0 Å². The SMILES string of the molecule is Cc1ccc(C[C@@H]2S/C(=C(/C#N)C(=O)NCc3ccco3)N(c3ccc(F)cc3)C2=O)cc1. The molecule has 0 radical (unpaired) electrons. The molecular weight excluding hydrogens is 441 g/mol. The number of benzene rings is 2. The van der Waals surface area contributed by atoms with Crippen molar-refractivity contribution in [2.45, 2.75) is 25.1 Å². The number of hydrogen-bond donors (Lipinski definition) is 1. The Bertz CT molecular complexity index is 1230. The maximum atomic E-state index is 13.5. The van der Waals surface area contributed by atoms with Crippen molar-refractivity contribution in [3.8, 4) is 6.07 Å². The summed E-state index contributed by atoms with van der Waals surface area (Å²) in [7, 11) is 0. The molecule has 1 aliphatic rings. The van der Waals surface area contributed by atoms with E-state index in [1.54, 1.807) is 12.1 Å². The van der Waals surface area contributed by atoms with E-state index in [0.29, 0.717) is 17.9 Å². The lowest BCUT2D eigenvalue weighted by molar-refractivity contribution is -0.117. The van der Waals surface area contributed by atoms with Gasteiger partial charge in [-0.2, -0.15) is 5.26 Å². The summed E-state index contributed by atoms with van der Waals surface area (Å²) in [6.07, 6.45) is 1.92. The highest BCUT2D eigenvalue weighted by atomic mass is 32.2. The quantitative estimate of drug-likeness (QED) is 0.432. The van der Waals surface area contributed by atoms with Crippen molar-refractivity contribution in [2.24, 2.45) is 0 Å². The summed E-state index contributed by atoms with van der Waals surface area (Å²) >= 11 is 1.16. The highest BCUT2D eigenvalue weighted by Gasteiger charge is 2.40. The zero-order valence-electron chi connectivity index (χ0n) is 17.7. The third-order valence-corrected chi connectivity index (χ3v) is 6.40. The Morgan fingerprint density at radius 1 is 1.18 bits per heavy atom. The Morgan fingerprint density at radius 3 is 2.55 bits per heavy atom. The van der Waals surface area contributed by atoms with E-state index in [0.717, 1.165) is 22.9 Å². The summed E-state index contributed by atoms with van der Waals surface area (Å²) in [5, 5.41) is 12.2. The summed E-state index contributed by atoms with van der Waals surface area (Å²) in [5.41, 5.74) is 2.28. The normalized spacial score (nSPS) is 17.1. The van der Waals surface area contributed by atoms with E-state index in [1.807, 2.05) is 37.3 Å². The Hall–Kier alpha value is -3.83. The smallest absolute Gasteiger partial charge is 0.265 e. The zero-order valence-corrected chi connectivity index (χ0v) is 18.6. The highest BCUT2D eigenvalue weighted by Crippen LogP contribution is 2.42. The van der Waals surface area contributed by atoms with E-state index in [2.05, 4.69) is 5.32 Å². The number of furan rings is 1. The van der Waals surface area contributed by atoms with Crippen molar-refractivity contribution < 1.29 is 18.4 Å². The third-order valence-electron chi connectivity index (χ3n) is 5.14. The predicted octanol–water partition coefficient (Wildman–Crippen LogP) is 4.47. The lowest BCUT2D eigenvalue weighted by Gasteiger charge is -2.18. The number of aryl methyl sites for hydroxylation is 1. The van der Waals surface area contributed by atoms with E-state index in [4.69, 9.17) is 4.42 Å². The molecule has 2 amide bonds. The second-order valence-corrected chi connectivity index (χ2v) is 8.69. The fourth-order valence-corrected chi connectivity index (χ4v) is 4.73. The number of hydrogen-bond acceptors (Lipinski definition) is 5. The van der Waals surface area contributed by atoms with Crippen LogP contribution in [0.5, 0.6) is 0 Å². The molecule has 0 saturated carbocycles. The summed E-state index contributed by atoms with van der Waals surface area (Å²) in [4.78, 5) is 27.6. The number of halogens is 1. The Balaban J connectivity index is 1.67. The molecule has 1 aromatic heterocycles. The molecule has 0 spiro atoms. The number of thioether (sulfide) groups is 1. The van der Waals surface area contributed by atoms with Crippen LogP contribution in [0.1, 0.15) is 16.9 Å². The molecule has 1 atom stereocenters. The number of anilines is 1. The topological polar surface area (TPSA) is 86.3 Å². The van der Waals surface area contributed by atoms with Gasteiger partial charge in [-0.05, 0) is 55.3 Å². The molecule has 1 fully saturated rings. The third kappa shape index (κ3) is 4.99. The Kier molecular flexibility index (Phi) is 6.61. The van der Waals surface area contributed by atoms with Crippen LogP contribution in [0.25, 0.3) is 0 Å². The minimum atomic E-state index is -0.618. The van der Waals surface area contributed by atoms with Gasteiger partial charge in [0, 0.05) is 5.69 Å². The molecule has 6 nitrogen and oxygen atoms in total. The average molecular weight is 462 g/mol. The molecular formula is C25H20FN3O3S. The molecule has 4 rings (SSSR count). The number of amides is 2. The number of nitriles is 1. The standard InChI is InChI=1S/C25H20FN3O3S/c1-16-4-6-17(7-5-16)13-22-24(31)29(19-10-8-18(26)9-11-19)25(33-22)21(14-27)23(30)28-15-20-3-2-12-32-20/h2-12,22H,13,15H2,1H3,(H,28,30)/b25-21-/t22-/m0/s1. The van der Waals surface area contributed by atoms with Crippen molar-refractivity contribution >= 4 is 29.3 Å². The Morgan fingerprint density at radius 2 is 1.91 bits per heavy atom. The lowest BCUT2D eigenvalue weighted by atomic mass is 10.1. The van der Waals surface area contributed by atoms with Crippen LogP contribution in [0.4, 0.5) is 10.1 Å². The van der Waals surface area contributed by atoms with Crippen LogP contribution in [0, 0.1) is 24.1 Å². The summed E-state index contributed by atoms with van der Waals surface area (Å²) in [6, 6.07) is 18.6. The average Bonchev–Trinajstić information content (AvgIpc) is 3.44. The molecule has 1 aliphatic heterocycles. The molecule has 0 unspecified atom stereocenters. The molecule has 166 valence electrons. The van der Waals surface area contributed by atoms with Gasteiger partial charge >= 0.3 is 0 Å². The zero-order chi connectivity index (χ0) is 23.4. The second kappa shape index (κ2) is 9.76. The first-order chi connectivity index (χ1) is 16.0. The van der Waals surface area contributed by atoms with Gasteiger partial charge in [-0.3, -0.25) is 14.5 Å². The number of rotatable bonds is 6. The van der Waals surface area contributed by atoms with Crippen molar-refractivity contribution in [2.75, 3.05) is 4.90 Å². The largest absolute Gasteiger partial charge is 0.467 e. The van der Waals surface area contributed by atoms with Crippen molar-refractivity contribution in [3.05, 3.63) is 100 Å². The molecule has 8 heteroatoms. The number of carbonyl (C=O) groups is 2. The van der Waals surface area contributed by atoms with Crippen LogP contribution in [-0.4, -0.2) is 17.1 Å². The van der Waals surface area contributed by atoms with Gasteiger partial charge < -0.3 is 9.73 Å². The van der Waals surface area contributed by atoms with E-state index < -0.39 is 17.0 Å². The first kappa shape index (κ1) is 22.4. The van der Waals surface area contributed by atoms with Gasteiger partial charge in [-0.15, -0.1) is 0 Å². The summed E-state index contributed by atoms with van der Waals surface area (Å²) < 4.78 is 18.7. The van der Waals surface area contributed by atoms with Crippen LogP contribution in [0.15, 0.2) is 81.9 Å². The molecule has 2 aromatic carbocycles. The molecule has 33 heavy (non-hydrogen) atoms. The maximum absolute atomic E-state index is 13.5. The highest BCUT2D eigenvalue weighted by molar-refractivity contribution is 8.05. The Labute approximate surface area is 194 Å². The molecule has 2 heterocycles. The number of nitrogens with zero attached hydrogens (tertiary/aromatic N) is 2. The van der Waals surface area contributed by atoms with Crippen molar-refractivity contribution in [1.82, 2.24) is 5.32 Å². The van der Waals surface area contributed by atoms with Crippen LogP contribution >= 0.6 is 11.8 Å². The van der Waals surface area contributed by atoms with Crippen LogP contribution < -0.4 is 10.2 Å². The van der Waals surface area contributed by atoms with Gasteiger partial charge in [0.2, 0.25) is 5.91 Å². The van der Waals surface area contributed by atoms with Crippen LogP contribution in [-0.2, 0) is 22.6 Å². The minimum absolute atomic E-state index is 0.103. The van der Waals surface area contributed by atoms with E-state index in [9.17, 15) is 19.2 Å². The summed E-state index contributed by atoms with van der Waals surface area (Å²) in [6.45, 7) is 2.09. The van der Waals surface area contributed by atoms with Gasteiger partial charge in [-0.25, -0.2) is 4.39 Å². The fraction of sp³-hybridized carbons (Fsp3) is 0.160. The number of nitrogens with one attached hydrogen (secondary N) is 1. The monoisotopic (exact) mass is 461 g/mol. The fourth-order valence-electron chi connectivity index (χ4n) is 3.42. The van der Waals surface area contributed by atoms with E-state index in [-0.39, 0.29) is 23.1 Å². The van der Waals surface area contributed by atoms with Gasteiger partial charge in [0.25, 0.3) is 5.91 Å². The number of carbonyl (C=O) groups excluding carboxylic acids is 2. The lowest BCUT2D eigenvalue weighted by Crippen LogP contribution is -2.32. The van der Waals surface area contributed by atoms with Crippen LogP contribution in [0.2, 0.25) is 0 Å². The summed E-state index contributed by atoms with van der Waals surface area (Å²) in [5.74, 6) is -0.800. The van der Waals surface area contributed by atoms with Crippen molar-refractivity contribution in [1.29, 1.82) is 5.26 Å². The molecule has 0 aliphatic carbocycles. The van der Waals surface area contributed by atoms with E-state index >= 15 is 0 Å². The van der Waals surface area contributed by atoms with Crippen molar-refractivity contribution in [3.63, 3.8) is 0 Å². The van der Waals surface area contributed by atoms with Gasteiger partial charge in [0.05, 0.1) is 18.1 Å². The molecule has 1 saturated heterocycles. The first-order valence-electron chi connectivity index (χ1n) is 10.2. The van der Waals surface area contributed by atoms with Gasteiger partial charge in [-0.1, -0.05) is 41.6 Å².